The Morgan fingerprint density at radius 1 is 1.19 bits per heavy atom. The fraction of sp³-hybridized carbons (Fsp3) is 1.00. The van der Waals surface area contributed by atoms with Gasteiger partial charge in [-0.05, 0) is 19.3 Å². The van der Waals surface area contributed by atoms with E-state index in [0.717, 1.165) is 12.8 Å². The Labute approximate surface area is 98.2 Å². The van der Waals surface area contributed by atoms with Crippen LogP contribution in [-0.2, 0) is 14.8 Å². The van der Waals surface area contributed by atoms with Crippen molar-refractivity contribution >= 4 is 10.0 Å². The van der Waals surface area contributed by atoms with Crippen LogP contribution in [0.5, 0.6) is 0 Å². The molecule has 0 aliphatic rings. The molecule has 0 bridgehead atoms. The molecule has 0 aromatic heterocycles. The van der Waals surface area contributed by atoms with Crippen molar-refractivity contribution < 1.29 is 18.3 Å². The summed E-state index contributed by atoms with van der Waals surface area (Å²) >= 11 is 0. The van der Waals surface area contributed by atoms with Crippen molar-refractivity contribution in [2.45, 2.75) is 32.6 Å². The number of aliphatic hydroxyl groups is 1. The highest BCUT2D eigenvalue weighted by Gasteiger charge is 2.08. The van der Waals surface area contributed by atoms with Crippen LogP contribution in [0.15, 0.2) is 0 Å². The quantitative estimate of drug-likeness (QED) is 0.526. The highest BCUT2D eigenvalue weighted by molar-refractivity contribution is 7.89. The zero-order valence-corrected chi connectivity index (χ0v) is 10.8. The van der Waals surface area contributed by atoms with Crippen molar-refractivity contribution in [3.63, 3.8) is 0 Å². The number of unbranched alkanes of at least 4 members (excludes halogenated alkanes) is 2. The van der Waals surface area contributed by atoms with E-state index in [1.165, 1.54) is 0 Å². The lowest BCUT2D eigenvalue weighted by atomic mass is 10.4. The van der Waals surface area contributed by atoms with Crippen LogP contribution in [0, 0.1) is 0 Å². The van der Waals surface area contributed by atoms with Gasteiger partial charge in [0.15, 0.2) is 0 Å². The van der Waals surface area contributed by atoms with Crippen LogP contribution in [0.3, 0.4) is 0 Å². The van der Waals surface area contributed by atoms with Crippen LogP contribution in [0.4, 0.5) is 0 Å². The molecule has 0 unspecified atom stereocenters. The molecule has 0 aromatic carbocycles. The lowest BCUT2D eigenvalue weighted by molar-refractivity contribution is 0.136. The fourth-order valence-corrected chi connectivity index (χ4v) is 2.22. The third kappa shape index (κ3) is 10.4. The molecule has 0 amide bonds. The summed E-state index contributed by atoms with van der Waals surface area (Å²) in [5, 5.41) is 8.52. The average Bonchev–Trinajstić information content (AvgIpc) is 2.23. The minimum absolute atomic E-state index is 0.0374. The standard InChI is InChI=1S/C10H23NO4S/c1-2-3-8-15-9-6-11-16(13,14)10-5-4-7-12/h11-12H,2-10H2,1H3. The van der Waals surface area contributed by atoms with Crippen molar-refractivity contribution in [1.29, 1.82) is 0 Å². The molecule has 0 aliphatic heterocycles. The first-order chi connectivity index (χ1) is 7.62. The van der Waals surface area contributed by atoms with Gasteiger partial charge in [-0.1, -0.05) is 13.3 Å². The van der Waals surface area contributed by atoms with Crippen LogP contribution in [0.2, 0.25) is 0 Å². The number of hydrogen-bond acceptors (Lipinski definition) is 4. The van der Waals surface area contributed by atoms with E-state index in [9.17, 15) is 8.42 Å². The first-order valence-electron chi connectivity index (χ1n) is 5.78. The maximum absolute atomic E-state index is 11.3. The van der Waals surface area contributed by atoms with Crippen molar-refractivity contribution in [2.75, 3.05) is 32.1 Å². The van der Waals surface area contributed by atoms with Crippen molar-refractivity contribution in [1.82, 2.24) is 4.72 Å². The Bertz CT molecular complexity index is 241. The molecule has 2 N–H and O–H groups in total. The molecule has 6 heteroatoms. The van der Waals surface area contributed by atoms with Crippen LogP contribution >= 0.6 is 0 Å². The number of ether oxygens (including phenoxy) is 1. The Morgan fingerprint density at radius 2 is 1.94 bits per heavy atom. The summed E-state index contributed by atoms with van der Waals surface area (Å²) in [6, 6.07) is 0. The molecule has 0 rings (SSSR count). The maximum atomic E-state index is 11.3. The minimum atomic E-state index is -3.19. The third-order valence-electron chi connectivity index (χ3n) is 2.03. The first kappa shape index (κ1) is 15.8. The fourth-order valence-electron chi connectivity index (χ4n) is 1.09. The molecular formula is C10H23NO4S. The molecule has 0 fully saturated rings. The minimum Gasteiger partial charge on any atom is -0.396 e. The summed E-state index contributed by atoms with van der Waals surface area (Å²) in [7, 11) is -3.19. The number of sulfonamides is 1. The van der Waals surface area contributed by atoms with E-state index in [0.29, 0.717) is 32.6 Å². The summed E-state index contributed by atoms with van der Waals surface area (Å²) in [5.74, 6) is 0.0719. The zero-order valence-electron chi connectivity index (χ0n) is 9.94. The molecule has 0 atom stereocenters. The molecule has 0 aromatic rings. The van der Waals surface area contributed by atoms with Crippen molar-refractivity contribution in [2.24, 2.45) is 0 Å². The van der Waals surface area contributed by atoms with E-state index in [1.54, 1.807) is 0 Å². The average molecular weight is 253 g/mol. The van der Waals surface area contributed by atoms with Crippen LogP contribution in [-0.4, -0.2) is 45.6 Å². The van der Waals surface area contributed by atoms with E-state index < -0.39 is 10.0 Å². The second kappa shape index (κ2) is 10.0. The van der Waals surface area contributed by atoms with E-state index >= 15 is 0 Å². The van der Waals surface area contributed by atoms with Gasteiger partial charge in [0.25, 0.3) is 0 Å². The predicted octanol–water partition coefficient (Wildman–Crippen LogP) is 0.495. The monoisotopic (exact) mass is 253 g/mol. The third-order valence-corrected chi connectivity index (χ3v) is 3.50. The van der Waals surface area contributed by atoms with Gasteiger partial charge >= 0.3 is 0 Å². The molecule has 98 valence electrons. The molecule has 16 heavy (non-hydrogen) atoms. The second-order valence-corrected chi connectivity index (χ2v) is 5.54. The predicted molar refractivity (Wildman–Crippen MR) is 63.8 cm³/mol. The lowest BCUT2D eigenvalue weighted by Crippen LogP contribution is -2.29. The smallest absolute Gasteiger partial charge is 0.211 e. The Morgan fingerprint density at radius 3 is 2.56 bits per heavy atom. The number of aliphatic hydroxyl groups excluding tert-OH is 1. The van der Waals surface area contributed by atoms with Gasteiger partial charge in [0.2, 0.25) is 10.0 Å². The van der Waals surface area contributed by atoms with Gasteiger partial charge in [0.1, 0.15) is 0 Å². The van der Waals surface area contributed by atoms with Gasteiger partial charge in [-0.2, -0.15) is 0 Å². The normalized spacial score (nSPS) is 11.9. The molecule has 0 heterocycles. The van der Waals surface area contributed by atoms with Crippen LogP contribution < -0.4 is 4.72 Å². The summed E-state index contributed by atoms with van der Waals surface area (Å²) in [5.41, 5.74) is 0. The number of hydrogen-bond donors (Lipinski definition) is 2. The summed E-state index contributed by atoms with van der Waals surface area (Å²) in [4.78, 5) is 0. The summed E-state index contributed by atoms with van der Waals surface area (Å²) in [6.07, 6.45) is 3.09. The van der Waals surface area contributed by atoms with E-state index in [-0.39, 0.29) is 12.4 Å². The highest BCUT2D eigenvalue weighted by Crippen LogP contribution is 1.93. The van der Waals surface area contributed by atoms with Gasteiger partial charge in [-0.15, -0.1) is 0 Å². The Balaban J connectivity index is 3.43. The van der Waals surface area contributed by atoms with E-state index in [1.807, 2.05) is 0 Å². The topological polar surface area (TPSA) is 75.6 Å². The molecule has 0 radical (unpaired) electrons. The Hall–Kier alpha value is -0.170. The maximum Gasteiger partial charge on any atom is 0.211 e. The SMILES string of the molecule is CCCCOCCNS(=O)(=O)CCCCO. The largest absolute Gasteiger partial charge is 0.396 e. The van der Waals surface area contributed by atoms with E-state index in [4.69, 9.17) is 9.84 Å². The molecular weight excluding hydrogens is 230 g/mol. The number of rotatable bonds is 11. The van der Waals surface area contributed by atoms with Gasteiger partial charge < -0.3 is 9.84 Å². The van der Waals surface area contributed by atoms with Crippen molar-refractivity contribution in [3.05, 3.63) is 0 Å². The van der Waals surface area contributed by atoms with Gasteiger partial charge in [-0.3, -0.25) is 0 Å². The second-order valence-electron chi connectivity index (χ2n) is 3.61. The summed E-state index contributed by atoms with van der Waals surface area (Å²) < 4.78 is 30.4. The van der Waals surface area contributed by atoms with Crippen LogP contribution in [0.1, 0.15) is 32.6 Å². The van der Waals surface area contributed by atoms with Gasteiger partial charge in [0.05, 0.1) is 12.4 Å². The Kier molecular flexibility index (Phi) is 9.91. The molecule has 0 spiro atoms. The summed E-state index contributed by atoms with van der Waals surface area (Å²) in [6.45, 7) is 3.54. The molecule has 5 nitrogen and oxygen atoms in total. The highest BCUT2D eigenvalue weighted by atomic mass is 32.2. The van der Waals surface area contributed by atoms with Crippen molar-refractivity contribution in [3.8, 4) is 0 Å². The lowest BCUT2D eigenvalue weighted by Gasteiger charge is -2.06. The molecule has 0 aliphatic carbocycles. The zero-order chi connectivity index (χ0) is 12.3. The molecule has 0 saturated carbocycles. The van der Waals surface area contributed by atoms with Gasteiger partial charge in [-0.25, -0.2) is 13.1 Å². The molecule has 0 saturated heterocycles. The number of nitrogens with one attached hydrogen (secondary N) is 1. The van der Waals surface area contributed by atoms with E-state index in [2.05, 4.69) is 11.6 Å². The van der Waals surface area contributed by atoms with Crippen LogP contribution in [0.25, 0.3) is 0 Å². The first-order valence-corrected chi connectivity index (χ1v) is 7.43. The van der Waals surface area contributed by atoms with Gasteiger partial charge in [0, 0.05) is 19.8 Å².